The smallest absolute Gasteiger partial charge is 0.0951 e. The van der Waals surface area contributed by atoms with E-state index >= 15 is 0 Å². The van der Waals surface area contributed by atoms with E-state index in [1.54, 1.807) is 11.3 Å². The topological polar surface area (TPSA) is 34.1 Å². The number of ether oxygens (including phenoxy) is 1. The summed E-state index contributed by atoms with van der Waals surface area (Å²) in [5.41, 5.74) is 1.15. The Bertz CT molecular complexity index is 286. The van der Waals surface area contributed by atoms with Gasteiger partial charge in [-0.2, -0.15) is 0 Å². The summed E-state index contributed by atoms with van der Waals surface area (Å²) in [7, 11) is 0. The van der Waals surface area contributed by atoms with Crippen molar-refractivity contribution >= 4 is 11.3 Å². The van der Waals surface area contributed by atoms with Crippen molar-refractivity contribution < 1.29 is 4.74 Å². The summed E-state index contributed by atoms with van der Waals surface area (Å²) in [4.78, 5) is 4.55. The van der Waals surface area contributed by atoms with Crippen LogP contribution in [0, 0.1) is 5.92 Å². The summed E-state index contributed by atoms with van der Waals surface area (Å²) in [6, 6.07) is 0. The summed E-state index contributed by atoms with van der Waals surface area (Å²) >= 11 is 1.73. The molecular weight excluding hydrogens is 220 g/mol. The van der Waals surface area contributed by atoms with Crippen molar-refractivity contribution in [2.75, 3.05) is 19.8 Å². The van der Waals surface area contributed by atoms with Crippen LogP contribution in [0.3, 0.4) is 0 Å². The van der Waals surface area contributed by atoms with E-state index in [0.717, 1.165) is 38.4 Å². The number of hydrogen-bond acceptors (Lipinski definition) is 4. The van der Waals surface area contributed by atoms with Crippen LogP contribution in [0.15, 0.2) is 5.38 Å². The largest absolute Gasteiger partial charge is 0.381 e. The highest BCUT2D eigenvalue weighted by Crippen LogP contribution is 2.10. The highest BCUT2D eigenvalue weighted by Gasteiger charge is 2.02. The number of nitrogens with one attached hydrogen (secondary N) is 1. The molecule has 0 amide bonds. The minimum Gasteiger partial charge on any atom is -0.381 e. The second kappa shape index (κ2) is 7.76. The molecule has 0 spiro atoms. The van der Waals surface area contributed by atoms with Crippen molar-refractivity contribution in [2.24, 2.45) is 5.92 Å². The first kappa shape index (κ1) is 13.6. The molecule has 1 heterocycles. The molecule has 1 N–H and O–H groups in total. The molecule has 0 aliphatic carbocycles. The molecule has 0 atom stereocenters. The van der Waals surface area contributed by atoms with Gasteiger partial charge in [0, 0.05) is 25.0 Å². The molecule has 3 nitrogen and oxygen atoms in total. The molecule has 0 bridgehead atoms. The number of thiazole rings is 1. The van der Waals surface area contributed by atoms with E-state index in [-0.39, 0.29) is 0 Å². The van der Waals surface area contributed by atoms with Crippen LogP contribution >= 0.6 is 11.3 Å². The van der Waals surface area contributed by atoms with E-state index in [1.165, 1.54) is 5.01 Å². The Morgan fingerprint density at radius 3 is 3.00 bits per heavy atom. The predicted molar refractivity (Wildman–Crippen MR) is 68.9 cm³/mol. The molecular formula is C12H22N2OS. The van der Waals surface area contributed by atoms with Gasteiger partial charge in [-0.3, -0.25) is 0 Å². The monoisotopic (exact) mass is 242 g/mol. The number of rotatable bonds is 8. The van der Waals surface area contributed by atoms with Gasteiger partial charge in [-0.05, 0) is 19.4 Å². The maximum Gasteiger partial charge on any atom is 0.0951 e. The Morgan fingerprint density at radius 2 is 2.31 bits per heavy atom. The predicted octanol–water partition coefficient (Wildman–Crippen LogP) is 2.47. The minimum absolute atomic E-state index is 0.691. The molecule has 1 aromatic heterocycles. The maximum atomic E-state index is 5.31. The summed E-state index contributed by atoms with van der Waals surface area (Å²) in [6.45, 7) is 9.93. The van der Waals surface area contributed by atoms with Gasteiger partial charge in [0.2, 0.25) is 0 Å². The van der Waals surface area contributed by atoms with E-state index in [2.05, 4.69) is 29.5 Å². The van der Waals surface area contributed by atoms with E-state index in [0.29, 0.717) is 5.92 Å². The summed E-state index contributed by atoms with van der Waals surface area (Å²) < 4.78 is 5.31. The molecule has 0 saturated heterocycles. The van der Waals surface area contributed by atoms with Gasteiger partial charge in [0.1, 0.15) is 0 Å². The van der Waals surface area contributed by atoms with Gasteiger partial charge in [0.05, 0.1) is 17.3 Å². The number of hydrogen-bond donors (Lipinski definition) is 1. The fourth-order valence-corrected chi connectivity index (χ4v) is 2.12. The van der Waals surface area contributed by atoms with Gasteiger partial charge in [-0.15, -0.1) is 11.3 Å². The Kier molecular flexibility index (Phi) is 6.61. The number of aromatic nitrogens is 1. The standard InChI is InChI=1S/C12H22N2OS/c1-4-15-6-5-12-14-11(9-16-12)8-13-7-10(2)3/h9-10,13H,4-8H2,1-3H3. The zero-order valence-electron chi connectivity index (χ0n) is 10.5. The molecule has 0 saturated carbocycles. The van der Waals surface area contributed by atoms with E-state index in [1.807, 2.05) is 6.92 Å². The molecule has 16 heavy (non-hydrogen) atoms. The van der Waals surface area contributed by atoms with Gasteiger partial charge >= 0.3 is 0 Å². The first-order chi connectivity index (χ1) is 7.72. The van der Waals surface area contributed by atoms with Crippen molar-refractivity contribution in [2.45, 2.75) is 33.7 Å². The molecule has 92 valence electrons. The van der Waals surface area contributed by atoms with Crippen molar-refractivity contribution in [3.05, 3.63) is 16.1 Å². The van der Waals surface area contributed by atoms with Gasteiger partial charge in [-0.25, -0.2) is 4.98 Å². The molecule has 0 fully saturated rings. The SMILES string of the molecule is CCOCCc1nc(CNCC(C)C)cs1. The van der Waals surface area contributed by atoms with E-state index in [4.69, 9.17) is 4.74 Å². The second-order valence-corrected chi connectivity index (χ2v) is 5.15. The van der Waals surface area contributed by atoms with Crippen LogP contribution in [0.2, 0.25) is 0 Å². The summed E-state index contributed by atoms with van der Waals surface area (Å²) in [5.74, 6) is 0.691. The molecule has 0 aliphatic heterocycles. The lowest BCUT2D eigenvalue weighted by molar-refractivity contribution is 0.151. The van der Waals surface area contributed by atoms with Crippen molar-refractivity contribution in [1.82, 2.24) is 10.3 Å². The first-order valence-electron chi connectivity index (χ1n) is 5.94. The summed E-state index contributed by atoms with van der Waals surface area (Å²) in [5, 5.41) is 6.70. The minimum atomic E-state index is 0.691. The van der Waals surface area contributed by atoms with Crippen LogP contribution < -0.4 is 5.32 Å². The van der Waals surface area contributed by atoms with E-state index in [9.17, 15) is 0 Å². The zero-order chi connectivity index (χ0) is 11.8. The van der Waals surface area contributed by atoms with Crippen LogP contribution in [-0.2, 0) is 17.7 Å². The average Bonchev–Trinajstić information content (AvgIpc) is 2.66. The van der Waals surface area contributed by atoms with Crippen LogP contribution in [0.4, 0.5) is 0 Å². The van der Waals surface area contributed by atoms with Crippen molar-refractivity contribution in [3.8, 4) is 0 Å². The molecule has 1 rings (SSSR count). The highest BCUT2D eigenvalue weighted by molar-refractivity contribution is 7.09. The van der Waals surface area contributed by atoms with Gasteiger partial charge in [0.25, 0.3) is 0 Å². The third-order valence-electron chi connectivity index (χ3n) is 2.12. The third kappa shape index (κ3) is 5.58. The molecule has 4 heteroatoms. The van der Waals surface area contributed by atoms with Crippen LogP contribution in [0.1, 0.15) is 31.5 Å². The van der Waals surface area contributed by atoms with Crippen molar-refractivity contribution in [1.29, 1.82) is 0 Å². The molecule has 0 aromatic carbocycles. The van der Waals surface area contributed by atoms with Crippen LogP contribution in [-0.4, -0.2) is 24.7 Å². The summed E-state index contributed by atoms with van der Waals surface area (Å²) in [6.07, 6.45) is 0.933. The fraction of sp³-hybridized carbons (Fsp3) is 0.750. The zero-order valence-corrected chi connectivity index (χ0v) is 11.3. The third-order valence-corrected chi connectivity index (χ3v) is 3.08. The van der Waals surface area contributed by atoms with Gasteiger partial charge < -0.3 is 10.1 Å². The lowest BCUT2D eigenvalue weighted by Crippen LogP contribution is -2.19. The highest BCUT2D eigenvalue weighted by atomic mass is 32.1. The second-order valence-electron chi connectivity index (χ2n) is 4.20. The molecule has 0 aliphatic rings. The van der Waals surface area contributed by atoms with Crippen molar-refractivity contribution in [3.63, 3.8) is 0 Å². The lowest BCUT2D eigenvalue weighted by Gasteiger charge is -2.04. The average molecular weight is 242 g/mol. The Balaban J connectivity index is 2.22. The quantitative estimate of drug-likeness (QED) is 0.711. The number of nitrogens with zero attached hydrogens (tertiary/aromatic N) is 1. The molecule has 1 aromatic rings. The van der Waals surface area contributed by atoms with Gasteiger partial charge in [-0.1, -0.05) is 13.8 Å². The van der Waals surface area contributed by atoms with E-state index < -0.39 is 0 Å². The lowest BCUT2D eigenvalue weighted by atomic mass is 10.2. The fourth-order valence-electron chi connectivity index (χ4n) is 1.34. The Hall–Kier alpha value is -0.450. The Morgan fingerprint density at radius 1 is 1.50 bits per heavy atom. The Labute approximate surface area is 102 Å². The maximum absolute atomic E-state index is 5.31. The molecule has 0 radical (unpaired) electrons. The molecule has 0 unspecified atom stereocenters. The normalized spacial score (nSPS) is 11.2. The van der Waals surface area contributed by atoms with Gasteiger partial charge in [0.15, 0.2) is 0 Å². The van der Waals surface area contributed by atoms with Crippen LogP contribution in [0.25, 0.3) is 0 Å². The first-order valence-corrected chi connectivity index (χ1v) is 6.82. The van der Waals surface area contributed by atoms with Crippen LogP contribution in [0.5, 0.6) is 0 Å².